The van der Waals surface area contributed by atoms with Gasteiger partial charge in [0.25, 0.3) is 0 Å². The molecule has 18 heavy (non-hydrogen) atoms. The van der Waals surface area contributed by atoms with Crippen LogP contribution < -0.4 is 5.73 Å². The van der Waals surface area contributed by atoms with Crippen molar-refractivity contribution in [3.8, 4) is 0 Å². The molecular formula is C12H14ClN3O2. The largest absolute Gasteiger partial charge is 0.464 e. The predicted molar refractivity (Wildman–Crippen MR) is 70.5 cm³/mol. The number of aromatic nitrogens is 2. The molecule has 1 heterocycles. The number of ether oxygens (including phenoxy) is 1. The second-order valence-electron chi connectivity index (χ2n) is 3.90. The maximum absolute atomic E-state index is 11.8. The average Bonchev–Trinajstić information content (AvgIpc) is 2.63. The Hall–Kier alpha value is -1.75. The highest BCUT2D eigenvalue weighted by atomic mass is 35.5. The number of fused-ring (bicyclic) bond motifs is 1. The maximum atomic E-state index is 11.8. The molecule has 0 aliphatic heterocycles. The zero-order chi connectivity index (χ0) is 13.3. The molecule has 1 unspecified atom stereocenters. The maximum Gasteiger partial charge on any atom is 0.328 e. The van der Waals surface area contributed by atoms with E-state index in [4.69, 9.17) is 22.1 Å². The van der Waals surface area contributed by atoms with Gasteiger partial charge in [-0.15, -0.1) is 0 Å². The van der Waals surface area contributed by atoms with Gasteiger partial charge in [0, 0.05) is 5.02 Å². The number of hydrogen-bond donors (Lipinski definition) is 1. The summed E-state index contributed by atoms with van der Waals surface area (Å²) in [6.45, 7) is 3.82. The first kappa shape index (κ1) is 12.7. The molecule has 96 valence electrons. The number of anilines is 1. The van der Waals surface area contributed by atoms with Crippen molar-refractivity contribution in [2.75, 3.05) is 12.3 Å². The Morgan fingerprint density at radius 2 is 2.33 bits per heavy atom. The van der Waals surface area contributed by atoms with Crippen LogP contribution in [-0.2, 0) is 9.53 Å². The van der Waals surface area contributed by atoms with Gasteiger partial charge in [0.1, 0.15) is 6.04 Å². The van der Waals surface area contributed by atoms with Gasteiger partial charge in [-0.25, -0.2) is 9.78 Å². The molecule has 0 spiro atoms. The van der Waals surface area contributed by atoms with Crippen LogP contribution in [0.25, 0.3) is 11.0 Å². The summed E-state index contributed by atoms with van der Waals surface area (Å²) in [5.41, 5.74) is 7.26. The van der Waals surface area contributed by atoms with Gasteiger partial charge in [-0.2, -0.15) is 0 Å². The number of nitrogens with two attached hydrogens (primary N) is 1. The Morgan fingerprint density at radius 3 is 3.00 bits per heavy atom. The Kier molecular flexibility index (Phi) is 3.43. The molecule has 6 heteroatoms. The minimum Gasteiger partial charge on any atom is -0.464 e. The van der Waals surface area contributed by atoms with Crippen molar-refractivity contribution >= 4 is 34.6 Å². The Morgan fingerprint density at radius 1 is 1.61 bits per heavy atom. The molecule has 0 aliphatic carbocycles. The van der Waals surface area contributed by atoms with Crippen molar-refractivity contribution in [3.63, 3.8) is 0 Å². The average molecular weight is 268 g/mol. The first-order valence-electron chi connectivity index (χ1n) is 5.64. The van der Waals surface area contributed by atoms with Gasteiger partial charge in [-0.1, -0.05) is 11.6 Å². The second-order valence-corrected chi connectivity index (χ2v) is 4.34. The third-order valence-electron chi connectivity index (χ3n) is 2.69. The highest BCUT2D eigenvalue weighted by Gasteiger charge is 2.21. The summed E-state index contributed by atoms with van der Waals surface area (Å²) in [5, 5.41) is 0.580. The number of carbonyl (C=O) groups excluding carboxylic acids is 1. The predicted octanol–water partition coefficient (Wildman–Crippen LogP) is 2.40. The van der Waals surface area contributed by atoms with Gasteiger partial charge in [-0.3, -0.25) is 4.57 Å². The lowest BCUT2D eigenvalue weighted by molar-refractivity contribution is -0.146. The van der Waals surface area contributed by atoms with E-state index in [-0.39, 0.29) is 11.9 Å². The molecular weight excluding hydrogens is 254 g/mol. The van der Waals surface area contributed by atoms with E-state index < -0.39 is 6.04 Å². The van der Waals surface area contributed by atoms with E-state index in [1.165, 1.54) is 0 Å². The molecule has 1 aromatic heterocycles. The van der Waals surface area contributed by atoms with Crippen LogP contribution in [0.1, 0.15) is 19.9 Å². The van der Waals surface area contributed by atoms with E-state index in [2.05, 4.69) is 4.98 Å². The van der Waals surface area contributed by atoms with E-state index in [0.29, 0.717) is 17.1 Å². The Balaban J connectivity index is 2.50. The van der Waals surface area contributed by atoms with Crippen LogP contribution in [0.2, 0.25) is 5.02 Å². The van der Waals surface area contributed by atoms with E-state index in [0.717, 1.165) is 5.52 Å². The van der Waals surface area contributed by atoms with E-state index in [1.54, 1.807) is 36.6 Å². The molecule has 0 fully saturated rings. The summed E-state index contributed by atoms with van der Waals surface area (Å²) < 4.78 is 6.63. The molecule has 2 N–H and O–H groups in total. The molecule has 0 aliphatic rings. The van der Waals surface area contributed by atoms with Crippen molar-refractivity contribution in [2.45, 2.75) is 19.9 Å². The van der Waals surface area contributed by atoms with Crippen molar-refractivity contribution in [1.82, 2.24) is 9.55 Å². The molecule has 0 saturated carbocycles. The van der Waals surface area contributed by atoms with Gasteiger partial charge in [0.2, 0.25) is 5.95 Å². The van der Waals surface area contributed by atoms with Crippen LogP contribution in [-0.4, -0.2) is 22.1 Å². The monoisotopic (exact) mass is 267 g/mol. The zero-order valence-corrected chi connectivity index (χ0v) is 10.9. The molecule has 2 rings (SSSR count). The third kappa shape index (κ3) is 2.13. The lowest BCUT2D eigenvalue weighted by Gasteiger charge is -2.14. The third-order valence-corrected chi connectivity index (χ3v) is 2.93. The van der Waals surface area contributed by atoms with Crippen molar-refractivity contribution in [3.05, 3.63) is 23.2 Å². The Bertz CT molecular complexity index is 594. The molecule has 1 atom stereocenters. The van der Waals surface area contributed by atoms with Crippen LogP contribution in [0.5, 0.6) is 0 Å². The molecule has 0 radical (unpaired) electrons. The fourth-order valence-corrected chi connectivity index (χ4v) is 2.03. The summed E-state index contributed by atoms with van der Waals surface area (Å²) in [5.74, 6) is -0.0636. The van der Waals surface area contributed by atoms with E-state index >= 15 is 0 Å². The zero-order valence-electron chi connectivity index (χ0n) is 10.2. The van der Waals surface area contributed by atoms with Gasteiger partial charge in [0.15, 0.2) is 0 Å². The SMILES string of the molecule is CCOC(=O)C(C)n1c(N)nc2cc(Cl)ccc21. The summed E-state index contributed by atoms with van der Waals surface area (Å²) in [4.78, 5) is 15.9. The van der Waals surface area contributed by atoms with Crippen LogP contribution in [0.4, 0.5) is 5.95 Å². The number of benzene rings is 1. The number of esters is 1. The lowest BCUT2D eigenvalue weighted by Crippen LogP contribution is -2.20. The van der Waals surface area contributed by atoms with Crippen LogP contribution in [0, 0.1) is 0 Å². The number of nitrogens with zero attached hydrogens (tertiary/aromatic N) is 2. The molecule has 2 aromatic rings. The molecule has 1 aromatic carbocycles. The summed E-state index contributed by atoms with van der Waals surface area (Å²) >= 11 is 5.89. The van der Waals surface area contributed by atoms with Crippen molar-refractivity contribution in [2.24, 2.45) is 0 Å². The standard InChI is InChI=1S/C12H14ClN3O2/c1-3-18-11(17)7(2)16-10-5-4-8(13)6-9(10)15-12(16)14/h4-7H,3H2,1-2H3,(H2,14,15). The smallest absolute Gasteiger partial charge is 0.328 e. The fraction of sp³-hybridized carbons (Fsp3) is 0.333. The van der Waals surface area contributed by atoms with E-state index in [9.17, 15) is 4.79 Å². The fourth-order valence-electron chi connectivity index (χ4n) is 1.87. The lowest BCUT2D eigenvalue weighted by atomic mass is 10.3. The molecule has 0 amide bonds. The number of carbonyl (C=O) groups is 1. The van der Waals surface area contributed by atoms with Crippen LogP contribution >= 0.6 is 11.6 Å². The normalized spacial score (nSPS) is 12.6. The summed E-state index contributed by atoms with van der Waals surface area (Å²) in [7, 11) is 0. The van der Waals surface area contributed by atoms with Crippen LogP contribution in [0.15, 0.2) is 18.2 Å². The molecule has 0 bridgehead atoms. The quantitative estimate of drug-likeness (QED) is 0.867. The topological polar surface area (TPSA) is 70.1 Å². The molecule has 0 saturated heterocycles. The van der Waals surface area contributed by atoms with Gasteiger partial charge >= 0.3 is 5.97 Å². The number of rotatable bonds is 3. The Labute approximate surface area is 109 Å². The number of imidazole rings is 1. The van der Waals surface area contributed by atoms with Crippen molar-refractivity contribution in [1.29, 1.82) is 0 Å². The summed E-state index contributed by atoms with van der Waals surface area (Å²) in [6.07, 6.45) is 0. The number of halogens is 1. The first-order chi connectivity index (χ1) is 8.54. The second kappa shape index (κ2) is 4.86. The van der Waals surface area contributed by atoms with E-state index in [1.807, 2.05) is 0 Å². The van der Waals surface area contributed by atoms with Gasteiger partial charge < -0.3 is 10.5 Å². The molecule has 5 nitrogen and oxygen atoms in total. The van der Waals surface area contributed by atoms with Crippen LogP contribution in [0.3, 0.4) is 0 Å². The number of hydrogen-bond acceptors (Lipinski definition) is 4. The number of nitrogen functional groups attached to an aromatic ring is 1. The van der Waals surface area contributed by atoms with Gasteiger partial charge in [0.05, 0.1) is 17.6 Å². The highest BCUT2D eigenvalue weighted by Crippen LogP contribution is 2.25. The summed E-state index contributed by atoms with van der Waals surface area (Å²) in [6, 6.07) is 4.72. The minimum atomic E-state index is -0.517. The first-order valence-corrected chi connectivity index (χ1v) is 6.02. The van der Waals surface area contributed by atoms with Crippen molar-refractivity contribution < 1.29 is 9.53 Å². The highest BCUT2D eigenvalue weighted by molar-refractivity contribution is 6.31. The minimum absolute atomic E-state index is 0.271. The van der Waals surface area contributed by atoms with Gasteiger partial charge in [-0.05, 0) is 32.0 Å².